The summed E-state index contributed by atoms with van der Waals surface area (Å²) in [7, 11) is 0. The maximum absolute atomic E-state index is 12.6. The van der Waals surface area contributed by atoms with E-state index in [1.54, 1.807) is 0 Å². The first kappa shape index (κ1) is 15.1. The van der Waals surface area contributed by atoms with Gasteiger partial charge in [-0.25, -0.2) is 9.97 Å². The van der Waals surface area contributed by atoms with E-state index >= 15 is 0 Å². The zero-order valence-electron chi connectivity index (χ0n) is 13.8. The van der Waals surface area contributed by atoms with Crippen molar-refractivity contribution in [2.24, 2.45) is 5.92 Å². The number of nitrogens with zero attached hydrogens (tertiary/aromatic N) is 3. The SMILES string of the molecule is O=C(C1CCCC1)N1CCc2nc([C@H]3CCCCN3)ncc2C1. The highest BCUT2D eigenvalue weighted by molar-refractivity contribution is 5.79. The minimum absolute atomic E-state index is 0.267. The molecule has 1 aromatic rings. The number of carbonyl (C=O) groups is 1. The van der Waals surface area contributed by atoms with E-state index in [2.05, 4.69) is 10.3 Å². The van der Waals surface area contributed by atoms with Crippen molar-refractivity contribution in [2.45, 2.75) is 64.0 Å². The predicted molar refractivity (Wildman–Crippen MR) is 87.7 cm³/mol. The Hall–Kier alpha value is -1.49. The Morgan fingerprint density at radius 2 is 2.00 bits per heavy atom. The average Bonchev–Trinajstić information content (AvgIpc) is 3.15. The Morgan fingerprint density at radius 3 is 2.78 bits per heavy atom. The van der Waals surface area contributed by atoms with Crippen molar-refractivity contribution in [2.75, 3.05) is 13.1 Å². The van der Waals surface area contributed by atoms with Crippen LogP contribution < -0.4 is 5.32 Å². The third-order valence-electron chi connectivity index (χ3n) is 5.59. The lowest BCUT2D eigenvalue weighted by molar-refractivity contribution is -0.136. The second-order valence-electron chi connectivity index (χ2n) is 7.19. The number of fused-ring (bicyclic) bond motifs is 1. The maximum atomic E-state index is 12.6. The van der Waals surface area contributed by atoms with Crippen LogP contribution in [-0.2, 0) is 17.8 Å². The highest BCUT2D eigenvalue weighted by Crippen LogP contribution is 2.29. The smallest absolute Gasteiger partial charge is 0.225 e. The third-order valence-corrected chi connectivity index (χ3v) is 5.59. The highest BCUT2D eigenvalue weighted by Gasteiger charge is 2.30. The van der Waals surface area contributed by atoms with Gasteiger partial charge in [0.05, 0.1) is 11.7 Å². The molecule has 2 aliphatic heterocycles. The van der Waals surface area contributed by atoms with Crippen LogP contribution >= 0.6 is 0 Å². The van der Waals surface area contributed by atoms with Crippen LogP contribution in [0.2, 0.25) is 0 Å². The number of rotatable bonds is 2. The average molecular weight is 314 g/mol. The summed E-state index contributed by atoms with van der Waals surface area (Å²) < 4.78 is 0. The molecule has 1 saturated heterocycles. The summed E-state index contributed by atoms with van der Waals surface area (Å²) in [6.07, 6.45) is 11.0. The van der Waals surface area contributed by atoms with Crippen LogP contribution in [-0.4, -0.2) is 33.9 Å². The summed E-state index contributed by atoms with van der Waals surface area (Å²) in [5, 5.41) is 3.52. The van der Waals surface area contributed by atoms with Crippen LogP contribution in [0.3, 0.4) is 0 Å². The molecule has 4 rings (SSSR count). The first-order valence-corrected chi connectivity index (χ1v) is 9.18. The van der Waals surface area contributed by atoms with Crippen molar-refractivity contribution < 1.29 is 4.79 Å². The van der Waals surface area contributed by atoms with E-state index < -0.39 is 0 Å². The molecule has 0 unspecified atom stereocenters. The van der Waals surface area contributed by atoms with Crippen molar-refractivity contribution in [3.05, 3.63) is 23.3 Å². The molecule has 3 heterocycles. The van der Waals surface area contributed by atoms with E-state index in [4.69, 9.17) is 4.98 Å². The summed E-state index contributed by atoms with van der Waals surface area (Å²) in [5.74, 6) is 1.56. The van der Waals surface area contributed by atoms with E-state index in [0.29, 0.717) is 18.5 Å². The molecule has 0 spiro atoms. The lowest BCUT2D eigenvalue weighted by Crippen LogP contribution is -2.40. The van der Waals surface area contributed by atoms with Gasteiger partial charge in [-0.15, -0.1) is 0 Å². The molecule has 1 aromatic heterocycles. The summed E-state index contributed by atoms with van der Waals surface area (Å²) >= 11 is 0. The standard InChI is InChI=1S/C18H26N4O/c23-18(13-5-1-2-6-13)22-10-8-15-14(12-22)11-20-17(21-15)16-7-3-4-9-19-16/h11,13,16,19H,1-10,12H2/t16-/m1/s1. The number of hydrogen-bond donors (Lipinski definition) is 1. The quantitative estimate of drug-likeness (QED) is 0.910. The summed E-state index contributed by atoms with van der Waals surface area (Å²) in [6, 6.07) is 0.312. The van der Waals surface area contributed by atoms with Crippen LogP contribution in [0.15, 0.2) is 6.20 Å². The lowest BCUT2D eigenvalue weighted by Gasteiger charge is -2.31. The molecule has 1 atom stereocenters. The second-order valence-corrected chi connectivity index (χ2v) is 7.19. The normalized spacial score (nSPS) is 25.4. The van der Waals surface area contributed by atoms with E-state index in [9.17, 15) is 4.79 Å². The van der Waals surface area contributed by atoms with Crippen LogP contribution in [0.1, 0.15) is 68.1 Å². The number of nitrogens with one attached hydrogen (secondary N) is 1. The van der Waals surface area contributed by atoms with Gasteiger partial charge < -0.3 is 10.2 Å². The van der Waals surface area contributed by atoms with Crippen molar-refractivity contribution in [3.63, 3.8) is 0 Å². The van der Waals surface area contributed by atoms with E-state index in [1.807, 2.05) is 11.1 Å². The van der Waals surface area contributed by atoms with Gasteiger partial charge in [0, 0.05) is 37.2 Å². The highest BCUT2D eigenvalue weighted by atomic mass is 16.2. The molecule has 1 N–H and O–H groups in total. The zero-order valence-corrected chi connectivity index (χ0v) is 13.8. The van der Waals surface area contributed by atoms with E-state index in [-0.39, 0.29) is 5.92 Å². The van der Waals surface area contributed by atoms with Gasteiger partial charge in [0.25, 0.3) is 0 Å². The number of piperidine rings is 1. The summed E-state index contributed by atoms with van der Waals surface area (Å²) in [4.78, 5) is 24.0. The fourth-order valence-electron chi connectivity index (χ4n) is 4.19. The van der Waals surface area contributed by atoms with Gasteiger partial charge >= 0.3 is 0 Å². The Kier molecular flexibility index (Phi) is 4.29. The first-order valence-electron chi connectivity index (χ1n) is 9.18. The molecule has 0 aromatic carbocycles. The Bertz CT molecular complexity index is 576. The third kappa shape index (κ3) is 3.11. The fraction of sp³-hybridized carbons (Fsp3) is 0.722. The predicted octanol–water partition coefficient (Wildman–Crippen LogP) is 2.37. The Morgan fingerprint density at radius 1 is 1.17 bits per heavy atom. The molecule has 0 radical (unpaired) electrons. The molecule has 124 valence electrons. The van der Waals surface area contributed by atoms with Gasteiger partial charge in [-0.05, 0) is 32.2 Å². The molecule has 5 nitrogen and oxygen atoms in total. The Labute approximate surface area is 137 Å². The van der Waals surface area contributed by atoms with Crippen molar-refractivity contribution in [1.82, 2.24) is 20.2 Å². The molecule has 1 aliphatic carbocycles. The first-order chi connectivity index (χ1) is 11.3. The molecule has 1 saturated carbocycles. The van der Waals surface area contributed by atoms with Gasteiger partial charge in [-0.2, -0.15) is 0 Å². The van der Waals surface area contributed by atoms with Crippen molar-refractivity contribution >= 4 is 5.91 Å². The van der Waals surface area contributed by atoms with Crippen LogP contribution in [0, 0.1) is 5.92 Å². The molecule has 5 heteroatoms. The largest absolute Gasteiger partial charge is 0.338 e. The van der Waals surface area contributed by atoms with Gasteiger partial charge in [-0.1, -0.05) is 19.3 Å². The minimum Gasteiger partial charge on any atom is -0.338 e. The van der Waals surface area contributed by atoms with Crippen LogP contribution in [0.25, 0.3) is 0 Å². The van der Waals surface area contributed by atoms with Crippen molar-refractivity contribution in [3.8, 4) is 0 Å². The van der Waals surface area contributed by atoms with Gasteiger partial charge in [-0.3, -0.25) is 4.79 Å². The zero-order chi connectivity index (χ0) is 15.6. The van der Waals surface area contributed by atoms with Crippen molar-refractivity contribution in [1.29, 1.82) is 0 Å². The summed E-state index contributed by atoms with van der Waals surface area (Å²) in [6.45, 7) is 2.58. The number of hydrogen-bond acceptors (Lipinski definition) is 4. The topological polar surface area (TPSA) is 58.1 Å². The number of carbonyl (C=O) groups excluding carboxylic acids is 1. The molecule has 2 fully saturated rings. The lowest BCUT2D eigenvalue weighted by atomic mass is 10.0. The van der Waals surface area contributed by atoms with Gasteiger partial charge in [0.15, 0.2) is 0 Å². The molecule has 1 amide bonds. The molecular formula is C18H26N4O. The Balaban J connectivity index is 1.46. The van der Waals surface area contributed by atoms with Gasteiger partial charge in [0.1, 0.15) is 5.82 Å². The number of amides is 1. The van der Waals surface area contributed by atoms with E-state index in [0.717, 1.165) is 55.9 Å². The summed E-state index contributed by atoms with van der Waals surface area (Å²) in [5.41, 5.74) is 2.29. The molecule has 23 heavy (non-hydrogen) atoms. The van der Waals surface area contributed by atoms with Crippen LogP contribution in [0.5, 0.6) is 0 Å². The van der Waals surface area contributed by atoms with Gasteiger partial charge in [0.2, 0.25) is 5.91 Å². The molecule has 3 aliphatic rings. The van der Waals surface area contributed by atoms with Crippen LogP contribution in [0.4, 0.5) is 0 Å². The maximum Gasteiger partial charge on any atom is 0.225 e. The fourth-order valence-corrected chi connectivity index (χ4v) is 4.19. The second kappa shape index (κ2) is 6.56. The monoisotopic (exact) mass is 314 g/mol. The molecule has 0 bridgehead atoms. The van der Waals surface area contributed by atoms with E-state index in [1.165, 1.54) is 25.7 Å². The molecular weight excluding hydrogens is 288 g/mol. The minimum atomic E-state index is 0.267. The number of aromatic nitrogens is 2.